The molecule has 3 rings (SSSR count). The maximum atomic E-state index is 12.1. The summed E-state index contributed by atoms with van der Waals surface area (Å²) in [5.41, 5.74) is 2.74. The van der Waals surface area contributed by atoms with Crippen LogP contribution in [0, 0.1) is 6.92 Å². The van der Waals surface area contributed by atoms with Crippen molar-refractivity contribution in [3.63, 3.8) is 0 Å². The van der Waals surface area contributed by atoms with Crippen LogP contribution >= 0.6 is 11.8 Å². The first-order chi connectivity index (χ1) is 10.2. The fourth-order valence-corrected chi connectivity index (χ4v) is 2.68. The molecule has 0 saturated heterocycles. The first-order valence-corrected chi connectivity index (χ1v) is 7.49. The van der Waals surface area contributed by atoms with Crippen LogP contribution in [0.15, 0.2) is 58.7 Å². The van der Waals surface area contributed by atoms with Crippen molar-refractivity contribution < 1.29 is 0 Å². The van der Waals surface area contributed by atoms with Gasteiger partial charge >= 0.3 is 0 Å². The monoisotopic (exact) mass is 298 g/mol. The Morgan fingerprint density at radius 2 is 2.00 bits per heavy atom. The van der Waals surface area contributed by atoms with E-state index in [1.807, 2.05) is 31.2 Å². The van der Waals surface area contributed by atoms with Crippen LogP contribution in [0.5, 0.6) is 0 Å². The number of hydrogen-bond acceptors (Lipinski definition) is 4. The van der Waals surface area contributed by atoms with E-state index >= 15 is 0 Å². The van der Waals surface area contributed by atoms with E-state index in [9.17, 15) is 4.79 Å². The fraction of sp³-hybridized carbons (Fsp3) is 0.133. The Labute approximate surface area is 126 Å². The largest absolute Gasteiger partial charge is 0.294 e. The third kappa shape index (κ3) is 3.22. The van der Waals surface area contributed by atoms with Gasteiger partial charge in [0, 0.05) is 29.9 Å². The van der Waals surface area contributed by atoms with Gasteiger partial charge < -0.3 is 0 Å². The predicted octanol–water partition coefficient (Wildman–Crippen LogP) is 2.56. The molecule has 0 atom stereocenters. The Morgan fingerprint density at radius 1 is 1.19 bits per heavy atom. The number of aryl methyl sites for hydroxylation is 1. The van der Waals surface area contributed by atoms with Crippen LogP contribution in [0.2, 0.25) is 0 Å². The molecule has 0 amide bonds. The van der Waals surface area contributed by atoms with Crippen molar-refractivity contribution in [1.82, 2.24) is 19.7 Å². The normalized spacial score (nSPS) is 10.7. The number of thioether (sulfide) groups is 1. The van der Waals surface area contributed by atoms with E-state index in [-0.39, 0.29) is 5.56 Å². The highest BCUT2D eigenvalue weighted by molar-refractivity contribution is 7.98. The minimum atomic E-state index is -0.0646. The molecule has 21 heavy (non-hydrogen) atoms. The summed E-state index contributed by atoms with van der Waals surface area (Å²) in [5, 5.41) is 3.82. The number of benzene rings is 1. The van der Waals surface area contributed by atoms with E-state index in [1.54, 1.807) is 29.2 Å². The molecule has 0 saturated carbocycles. The van der Waals surface area contributed by atoms with Crippen molar-refractivity contribution in [2.45, 2.75) is 17.8 Å². The van der Waals surface area contributed by atoms with Gasteiger partial charge in [0.25, 0.3) is 5.56 Å². The van der Waals surface area contributed by atoms with Gasteiger partial charge in [0.2, 0.25) is 0 Å². The summed E-state index contributed by atoms with van der Waals surface area (Å²) in [4.78, 5) is 20.3. The molecule has 0 unspecified atom stereocenters. The molecule has 0 spiro atoms. The first kappa shape index (κ1) is 13.6. The summed E-state index contributed by atoms with van der Waals surface area (Å²) < 4.78 is 1.55. The van der Waals surface area contributed by atoms with Gasteiger partial charge in [-0.25, -0.2) is 14.6 Å². The first-order valence-electron chi connectivity index (χ1n) is 6.50. The molecule has 3 aromatic rings. The Morgan fingerprint density at radius 3 is 2.76 bits per heavy atom. The Hall–Kier alpha value is -2.34. The van der Waals surface area contributed by atoms with E-state index in [2.05, 4.69) is 15.1 Å². The molecule has 0 aliphatic rings. The maximum absolute atomic E-state index is 12.1. The highest BCUT2D eigenvalue weighted by Gasteiger charge is 2.06. The Bertz CT molecular complexity index is 795. The number of nitrogens with zero attached hydrogens (tertiary/aromatic N) is 3. The SMILES string of the molecule is Cc1cccc(-n2[nH]c(CSc3ncccn3)cc2=O)c1. The van der Waals surface area contributed by atoms with E-state index < -0.39 is 0 Å². The lowest BCUT2D eigenvalue weighted by Crippen LogP contribution is -2.13. The topological polar surface area (TPSA) is 63.6 Å². The quantitative estimate of drug-likeness (QED) is 0.594. The van der Waals surface area contributed by atoms with Gasteiger partial charge in [-0.3, -0.25) is 9.89 Å². The molecule has 0 fully saturated rings. The number of aromatic amines is 1. The van der Waals surface area contributed by atoms with Crippen molar-refractivity contribution in [3.8, 4) is 5.69 Å². The number of rotatable bonds is 4. The van der Waals surface area contributed by atoms with Crippen molar-refractivity contribution in [3.05, 3.63) is 70.4 Å². The van der Waals surface area contributed by atoms with Gasteiger partial charge in [0.05, 0.1) is 5.69 Å². The van der Waals surface area contributed by atoms with E-state index in [0.29, 0.717) is 10.9 Å². The zero-order valence-corrected chi connectivity index (χ0v) is 12.3. The minimum Gasteiger partial charge on any atom is -0.294 e. The van der Waals surface area contributed by atoms with Crippen LogP contribution in [0.4, 0.5) is 0 Å². The van der Waals surface area contributed by atoms with Gasteiger partial charge in [-0.15, -0.1) is 0 Å². The molecule has 2 aromatic heterocycles. The average Bonchev–Trinajstić information content (AvgIpc) is 2.87. The molecule has 106 valence electrons. The van der Waals surface area contributed by atoms with Crippen LogP contribution in [0.25, 0.3) is 5.69 Å². The third-order valence-corrected chi connectivity index (χ3v) is 3.86. The molecule has 0 bridgehead atoms. The highest BCUT2D eigenvalue weighted by atomic mass is 32.2. The molecule has 0 aliphatic heterocycles. The Kier molecular flexibility index (Phi) is 3.87. The van der Waals surface area contributed by atoms with Gasteiger partial charge in [-0.05, 0) is 30.7 Å². The number of aromatic nitrogens is 4. The summed E-state index contributed by atoms with van der Waals surface area (Å²) in [6, 6.07) is 11.2. The second-order valence-corrected chi connectivity index (χ2v) is 5.56. The average molecular weight is 298 g/mol. The minimum absolute atomic E-state index is 0.0646. The lowest BCUT2D eigenvalue weighted by atomic mass is 10.2. The van der Waals surface area contributed by atoms with Gasteiger partial charge in [0.1, 0.15) is 0 Å². The molecule has 1 N–H and O–H groups in total. The van der Waals surface area contributed by atoms with Crippen molar-refractivity contribution >= 4 is 11.8 Å². The number of hydrogen-bond donors (Lipinski definition) is 1. The zero-order chi connectivity index (χ0) is 14.7. The predicted molar refractivity (Wildman–Crippen MR) is 82.7 cm³/mol. The molecular weight excluding hydrogens is 284 g/mol. The standard InChI is InChI=1S/C15H14N4OS/c1-11-4-2-5-13(8-11)19-14(20)9-12(18-19)10-21-15-16-6-3-7-17-15/h2-9,18H,10H2,1H3. The summed E-state index contributed by atoms with van der Waals surface area (Å²) in [5.74, 6) is 0.623. The lowest BCUT2D eigenvalue weighted by molar-refractivity contribution is 0.831. The van der Waals surface area contributed by atoms with Crippen LogP contribution in [0.3, 0.4) is 0 Å². The second-order valence-electron chi connectivity index (χ2n) is 4.61. The van der Waals surface area contributed by atoms with Gasteiger partial charge in [-0.2, -0.15) is 0 Å². The van der Waals surface area contributed by atoms with Gasteiger partial charge in [0.15, 0.2) is 5.16 Å². The van der Waals surface area contributed by atoms with Crippen LogP contribution in [-0.2, 0) is 5.75 Å². The van der Waals surface area contributed by atoms with Crippen LogP contribution in [-0.4, -0.2) is 19.7 Å². The highest BCUT2D eigenvalue weighted by Crippen LogP contribution is 2.16. The fourth-order valence-electron chi connectivity index (χ4n) is 1.98. The molecule has 1 aromatic carbocycles. The Balaban J connectivity index is 1.80. The molecule has 0 radical (unpaired) electrons. The summed E-state index contributed by atoms with van der Waals surface area (Å²) in [6.45, 7) is 2.00. The van der Waals surface area contributed by atoms with Crippen LogP contribution in [0.1, 0.15) is 11.3 Å². The maximum Gasteiger partial charge on any atom is 0.271 e. The summed E-state index contributed by atoms with van der Waals surface area (Å²) in [6.07, 6.45) is 3.41. The van der Waals surface area contributed by atoms with Crippen molar-refractivity contribution in [1.29, 1.82) is 0 Å². The van der Waals surface area contributed by atoms with Crippen LogP contribution < -0.4 is 5.56 Å². The third-order valence-electron chi connectivity index (χ3n) is 2.93. The number of nitrogens with one attached hydrogen (secondary N) is 1. The van der Waals surface area contributed by atoms with E-state index in [4.69, 9.17) is 0 Å². The van der Waals surface area contributed by atoms with Gasteiger partial charge in [-0.1, -0.05) is 23.9 Å². The molecule has 6 heteroatoms. The molecule has 5 nitrogen and oxygen atoms in total. The molecule has 2 heterocycles. The zero-order valence-electron chi connectivity index (χ0n) is 11.5. The molecule has 0 aliphatic carbocycles. The van der Waals surface area contributed by atoms with E-state index in [1.165, 1.54) is 11.8 Å². The number of H-pyrrole nitrogens is 1. The second kappa shape index (κ2) is 5.97. The smallest absolute Gasteiger partial charge is 0.271 e. The summed E-state index contributed by atoms with van der Waals surface area (Å²) >= 11 is 1.49. The van der Waals surface area contributed by atoms with E-state index in [0.717, 1.165) is 16.9 Å². The summed E-state index contributed by atoms with van der Waals surface area (Å²) in [7, 11) is 0. The molecular formula is C15H14N4OS. The van der Waals surface area contributed by atoms with Crippen molar-refractivity contribution in [2.75, 3.05) is 0 Å². The lowest BCUT2D eigenvalue weighted by Gasteiger charge is -2.03. The van der Waals surface area contributed by atoms with Crippen molar-refractivity contribution in [2.24, 2.45) is 0 Å².